The van der Waals surface area contributed by atoms with Crippen LogP contribution in [0, 0.1) is 11.7 Å². The van der Waals surface area contributed by atoms with Crippen LogP contribution in [0.15, 0.2) is 18.5 Å². The summed E-state index contributed by atoms with van der Waals surface area (Å²) < 4.78 is 25.0. The van der Waals surface area contributed by atoms with Gasteiger partial charge in [0, 0.05) is 32.1 Å². The van der Waals surface area contributed by atoms with Crippen LogP contribution >= 0.6 is 0 Å². The zero-order chi connectivity index (χ0) is 14.7. The van der Waals surface area contributed by atoms with E-state index < -0.39 is 0 Å². The van der Waals surface area contributed by atoms with Crippen molar-refractivity contribution >= 4 is 0 Å². The van der Waals surface area contributed by atoms with Crippen molar-refractivity contribution < 1.29 is 13.9 Å². The molecule has 3 heterocycles. The molecule has 2 aliphatic rings. The lowest BCUT2D eigenvalue weighted by atomic mass is 9.76. The number of rotatable bonds is 3. The summed E-state index contributed by atoms with van der Waals surface area (Å²) in [6.45, 7) is 2.32. The summed E-state index contributed by atoms with van der Waals surface area (Å²) in [5, 5.41) is 3.34. The molecule has 0 saturated carbocycles. The zero-order valence-corrected chi connectivity index (χ0v) is 12.5. The van der Waals surface area contributed by atoms with Crippen LogP contribution in [0.3, 0.4) is 0 Å². The molecule has 1 aromatic rings. The second-order valence-electron chi connectivity index (χ2n) is 6.10. The molecule has 2 fully saturated rings. The summed E-state index contributed by atoms with van der Waals surface area (Å²) in [7, 11) is 1.93. The molecule has 1 aromatic heterocycles. The largest absolute Gasteiger partial charge is 0.381 e. The predicted octanol–water partition coefficient (Wildman–Crippen LogP) is 2.46. The highest BCUT2D eigenvalue weighted by Crippen LogP contribution is 2.41. The molecule has 2 unspecified atom stereocenters. The first kappa shape index (κ1) is 14.9. The molecule has 2 aliphatic heterocycles. The zero-order valence-electron chi connectivity index (χ0n) is 12.5. The second kappa shape index (κ2) is 6.38. The van der Waals surface area contributed by atoms with Gasteiger partial charge in [0.25, 0.3) is 0 Å². The molecule has 0 amide bonds. The van der Waals surface area contributed by atoms with Gasteiger partial charge in [-0.1, -0.05) is 0 Å². The first-order valence-electron chi connectivity index (χ1n) is 7.72. The van der Waals surface area contributed by atoms with Crippen molar-refractivity contribution in [2.75, 3.05) is 26.9 Å². The van der Waals surface area contributed by atoms with Gasteiger partial charge in [0.15, 0.2) is 0 Å². The molecule has 5 heteroatoms. The van der Waals surface area contributed by atoms with E-state index in [9.17, 15) is 4.39 Å². The molecule has 0 bridgehead atoms. The van der Waals surface area contributed by atoms with Crippen LogP contribution in [-0.4, -0.2) is 37.5 Å². The van der Waals surface area contributed by atoms with Crippen LogP contribution in [0.1, 0.15) is 37.3 Å². The minimum atomic E-state index is -0.277. The molecule has 2 atom stereocenters. The highest BCUT2D eigenvalue weighted by atomic mass is 19.1. The van der Waals surface area contributed by atoms with Gasteiger partial charge in [0.1, 0.15) is 5.82 Å². The topological polar surface area (TPSA) is 43.4 Å². The highest BCUT2D eigenvalue weighted by Gasteiger charge is 2.41. The van der Waals surface area contributed by atoms with Gasteiger partial charge in [-0.3, -0.25) is 4.98 Å². The average Bonchev–Trinajstić information content (AvgIpc) is 2.49. The van der Waals surface area contributed by atoms with Crippen LogP contribution < -0.4 is 5.32 Å². The van der Waals surface area contributed by atoms with E-state index in [0.717, 1.165) is 51.1 Å². The Morgan fingerprint density at radius 3 is 2.86 bits per heavy atom. The van der Waals surface area contributed by atoms with Gasteiger partial charge in [-0.25, -0.2) is 4.39 Å². The van der Waals surface area contributed by atoms with Crippen LogP contribution in [0.5, 0.6) is 0 Å². The van der Waals surface area contributed by atoms with Gasteiger partial charge in [0.05, 0.1) is 11.8 Å². The van der Waals surface area contributed by atoms with Crippen molar-refractivity contribution in [2.45, 2.75) is 37.3 Å². The van der Waals surface area contributed by atoms with E-state index in [4.69, 9.17) is 9.47 Å². The Balaban J connectivity index is 1.77. The number of nitrogens with one attached hydrogen (secondary N) is 1. The fourth-order valence-corrected chi connectivity index (χ4v) is 3.71. The Bertz CT molecular complexity index is 472. The number of ether oxygens (including phenoxy) is 2. The third-order valence-electron chi connectivity index (χ3n) is 4.80. The Labute approximate surface area is 125 Å². The van der Waals surface area contributed by atoms with Gasteiger partial charge in [0.2, 0.25) is 0 Å². The van der Waals surface area contributed by atoms with Crippen LogP contribution in [0.25, 0.3) is 0 Å². The van der Waals surface area contributed by atoms with Crippen molar-refractivity contribution in [2.24, 2.45) is 5.92 Å². The average molecular weight is 294 g/mol. The quantitative estimate of drug-likeness (QED) is 0.930. The lowest BCUT2D eigenvalue weighted by Crippen LogP contribution is -2.46. The Kier molecular flexibility index (Phi) is 4.52. The second-order valence-corrected chi connectivity index (χ2v) is 6.10. The fraction of sp³-hybridized carbons (Fsp3) is 0.688. The molecule has 0 radical (unpaired) electrons. The minimum Gasteiger partial charge on any atom is -0.381 e. The lowest BCUT2D eigenvalue weighted by Gasteiger charge is -2.45. The van der Waals surface area contributed by atoms with E-state index in [0.29, 0.717) is 5.92 Å². The van der Waals surface area contributed by atoms with E-state index in [1.165, 1.54) is 6.20 Å². The van der Waals surface area contributed by atoms with Gasteiger partial charge in [-0.2, -0.15) is 0 Å². The summed E-state index contributed by atoms with van der Waals surface area (Å²) in [6.07, 6.45) is 6.92. The maximum atomic E-state index is 13.4. The molecule has 4 nitrogen and oxygen atoms in total. The molecule has 2 saturated heterocycles. The fourth-order valence-electron chi connectivity index (χ4n) is 3.71. The lowest BCUT2D eigenvalue weighted by molar-refractivity contribution is -0.150. The Morgan fingerprint density at radius 1 is 1.33 bits per heavy atom. The van der Waals surface area contributed by atoms with Crippen molar-refractivity contribution in [3.8, 4) is 0 Å². The number of aromatic nitrogens is 1. The van der Waals surface area contributed by atoms with Crippen LogP contribution in [0.4, 0.5) is 4.39 Å². The first-order valence-corrected chi connectivity index (χ1v) is 7.72. The molecule has 21 heavy (non-hydrogen) atoms. The van der Waals surface area contributed by atoms with E-state index in [2.05, 4.69) is 10.3 Å². The molecule has 0 aromatic carbocycles. The van der Waals surface area contributed by atoms with Gasteiger partial charge in [-0.15, -0.1) is 0 Å². The van der Waals surface area contributed by atoms with E-state index in [1.54, 1.807) is 12.3 Å². The molecular weight excluding hydrogens is 271 g/mol. The molecule has 3 rings (SSSR count). The third kappa shape index (κ3) is 3.25. The summed E-state index contributed by atoms with van der Waals surface area (Å²) in [5.74, 6) is 0.158. The first-order chi connectivity index (χ1) is 10.2. The van der Waals surface area contributed by atoms with Gasteiger partial charge in [-0.05, 0) is 50.3 Å². The molecular formula is C16H23FN2O2. The monoisotopic (exact) mass is 294 g/mol. The normalized spacial score (nSPS) is 26.7. The molecule has 0 aliphatic carbocycles. The number of hydrogen-bond acceptors (Lipinski definition) is 4. The van der Waals surface area contributed by atoms with Gasteiger partial charge < -0.3 is 14.8 Å². The summed E-state index contributed by atoms with van der Waals surface area (Å²) in [5.41, 5.74) is 0.878. The summed E-state index contributed by atoms with van der Waals surface area (Å²) >= 11 is 0. The third-order valence-corrected chi connectivity index (χ3v) is 4.80. The Morgan fingerprint density at radius 2 is 2.14 bits per heavy atom. The smallest absolute Gasteiger partial charge is 0.141 e. The molecule has 1 spiro atoms. The predicted molar refractivity (Wildman–Crippen MR) is 77.5 cm³/mol. The van der Waals surface area contributed by atoms with E-state index in [-0.39, 0.29) is 17.5 Å². The van der Waals surface area contributed by atoms with Crippen molar-refractivity contribution in [3.63, 3.8) is 0 Å². The van der Waals surface area contributed by atoms with E-state index in [1.807, 2.05) is 7.05 Å². The number of hydrogen-bond donors (Lipinski definition) is 1. The van der Waals surface area contributed by atoms with Crippen LogP contribution in [-0.2, 0) is 9.47 Å². The number of nitrogens with zero attached hydrogens (tertiary/aromatic N) is 1. The van der Waals surface area contributed by atoms with Gasteiger partial charge >= 0.3 is 0 Å². The standard InChI is InChI=1S/C16H23FN2O2/c1-18-15(13-8-14(17)11-19-10-13)12-2-5-21-16(9-12)3-6-20-7-4-16/h8,10-12,15,18H,2-7,9H2,1H3. The van der Waals surface area contributed by atoms with Crippen LogP contribution in [0.2, 0.25) is 0 Å². The van der Waals surface area contributed by atoms with E-state index >= 15 is 0 Å². The minimum absolute atomic E-state index is 0.0446. The Hall–Kier alpha value is -1.04. The van der Waals surface area contributed by atoms with Crippen molar-refractivity contribution in [1.82, 2.24) is 10.3 Å². The summed E-state index contributed by atoms with van der Waals surface area (Å²) in [4.78, 5) is 3.99. The highest BCUT2D eigenvalue weighted by molar-refractivity contribution is 5.17. The number of pyridine rings is 1. The SMILES string of the molecule is CNC(c1cncc(F)c1)C1CCOC2(CCOCC2)C1. The molecule has 116 valence electrons. The summed E-state index contributed by atoms with van der Waals surface area (Å²) in [6, 6.07) is 1.71. The number of halogens is 1. The molecule has 1 N–H and O–H groups in total. The van der Waals surface area contributed by atoms with Crippen molar-refractivity contribution in [3.05, 3.63) is 29.8 Å². The maximum absolute atomic E-state index is 13.4. The maximum Gasteiger partial charge on any atom is 0.141 e. The van der Waals surface area contributed by atoms with Crippen molar-refractivity contribution in [1.29, 1.82) is 0 Å².